The highest BCUT2D eigenvalue weighted by molar-refractivity contribution is 5.96. The minimum absolute atomic E-state index is 0.0309. The van der Waals surface area contributed by atoms with Crippen LogP contribution >= 0.6 is 0 Å². The number of rotatable bonds is 5. The van der Waals surface area contributed by atoms with Gasteiger partial charge in [-0.1, -0.05) is 0 Å². The van der Waals surface area contributed by atoms with Crippen molar-refractivity contribution in [3.63, 3.8) is 0 Å². The van der Waals surface area contributed by atoms with Gasteiger partial charge in [-0.15, -0.1) is 0 Å². The monoisotopic (exact) mass is 276 g/mol. The molecule has 2 N–H and O–H groups in total. The Balaban J connectivity index is 2.82. The number of nitrogens with zero attached hydrogens (tertiary/aromatic N) is 1. The number of fused-ring (bicyclic) bond motifs is 1. The predicted octanol–water partition coefficient (Wildman–Crippen LogP) is 1.29. The molecule has 0 aliphatic heterocycles. The maximum absolute atomic E-state index is 11.2. The van der Waals surface area contributed by atoms with Crippen molar-refractivity contribution in [2.75, 3.05) is 21.3 Å². The second-order valence-electron chi connectivity index (χ2n) is 4.14. The molecule has 0 saturated heterocycles. The summed E-state index contributed by atoms with van der Waals surface area (Å²) in [4.78, 5) is 15.4. The van der Waals surface area contributed by atoms with Gasteiger partial charge in [0.1, 0.15) is 0 Å². The molecule has 0 aliphatic rings. The lowest BCUT2D eigenvalue weighted by Crippen LogP contribution is -2.15. The molecule has 0 fully saturated rings. The van der Waals surface area contributed by atoms with Gasteiger partial charge in [-0.3, -0.25) is 9.78 Å². The molecule has 0 aliphatic carbocycles. The molecular weight excluding hydrogens is 260 g/mol. The van der Waals surface area contributed by atoms with Gasteiger partial charge in [-0.2, -0.15) is 0 Å². The quantitative estimate of drug-likeness (QED) is 0.889. The topological polar surface area (TPSA) is 83.7 Å². The molecule has 2 rings (SSSR count). The van der Waals surface area contributed by atoms with Gasteiger partial charge in [0.05, 0.1) is 38.8 Å². The van der Waals surface area contributed by atoms with E-state index in [1.165, 1.54) is 14.2 Å². The van der Waals surface area contributed by atoms with E-state index in [-0.39, 0.29) is 6.42 Å². The third kappa shape index (κ3) is 2.32. The van der Waals surface area contributed by atoms with Gasteiger partial charge in [0.15, 0.2) is 11.5 Å². The van der Waals surface area contributed by atoms with Crippen LogP contribution in [0.25, 0.3) is 10.8 Å². The van der Waals surface area contributed by atoms with Crippen LogP contribution < -0.4 is 19.9 Å². The van der Waals surface area contributed by atoms with Gasteiger partial charge in [0.2, 0.25) is 11.7 Å². The van der Waals surface area contributed by atoms with Crippen molar-refractivity contribution >= 4 is 16.7 Å². The van der Waals surface area contributed by atoms with E-state index in [1.54, 1.807) is 13.3 Å². The van der Waals surface area contributed by atoms with Gasteiger partial charge < -0.3 is 19.9 Å². The zero-order valence-corrected chi connectivity index (χ0v) is 11.6. The van der Waals surface area contributed by atoms with Crippen molar-refractivity contribution in [2.45, 2.75) is 6.42 Å². The summed E-state index contributed by atoms with van der Waals surface area (Å²) in [6.07, 6.45) is 1.65. The van der Waals surface area contributed by atoms with Crippen LogP contribution in [-0.4, -0.2) is 32.2 Å². The first kappa shape index (κ1) is 13.9. The molecular formula is C14H16N2O4. The molecule has 106 valence electrons. The first-order valence-electron chi connectivity index (χ1n) is 5.97. The van der Waals surface area contributed by atoms with Crippen molar-refractivity contribution < 1.29 is 19.0 Å². The molecule has 0 atom stereocenters. The van der Waals surface area contributed by atoms with Crippen LogP contribution in [-0.2, 0) is 11.2 Å². The maximum Gasteiger partial charge on any atom is 0.223 e. The number of hydrogen-bond acceptors (Lipinski definition) is 5. The number of amides is 1. The molecule has 1 aromatic carbocycles. The Labute approximate surface area is 116 Å². The standard InChI is InChI=1S/C14H16N2O4/c1-18-10-6-8-4-5-16-9(7-11(15)17)12(8)14(20-3)13(10)19-2/h4-6H,7H2,1-3H3,(H2,15,17). The Bertz CT molecular complexity index is 655. The number of ether oxygens (including phenoxy) is 3. The fourth-order valence-electron chi connectivity index (χ4n) is 2.18. The highest BCUT2D eigenvalue weighted by Gasteiger charge is 2.19. The first-order chi connectivity index (χ1) is 9.62. The largest absolute Gasteiger partial charge is 0.493 e. The number of benzene rings is 1. The third-order valence-corrected chi connectivity index (χ3v) is 2.98. The Kier molecular flexibility index (Phi) is 3.93. The van der Waals surface area contributed by atoms with Gasteiger partial charge in [-0.25, -0.2) is 0 Å². The number of carbonyl (C=O) groups excluding carboxylic acids is 1. The van der Waals surface area contributed by atoms with Crippen LogP contribution in [0.1, 0.15) is 5.69 Å². The minimum Gasteiger partial charge on any atom is -0.493 e. The van der Waals surface area contributed by atoms with Crippen LogP contribution in [0.15, 0.2) is 18.3 Å². The van der Waals surface area contributed by atoms with E-state index >= 15 is 0 Å². The Morgan fingerprint density at radius 2 is 1.90 bits per heavy atom. The van der Waals surface area contributed by atoms with Crippen LogP contribution in [0.5, 0.6) is 17.2 Å². The molecule has 2 aromatic rings. The van der Waals surface area contributed by atoms with Crippen LogP contribution in [0.4, 0.5) is 0 Å². The van der Waals surface area contributed by atoms with Crippen molar-refractivity contribution in [2.24, 2.45) is 5.73 Å². The van der Waals surface area contributed by atoms with Crippen molar-refractivity contribution in [1.29, 1.82) is 0 Å². The van der Waals surface area contributed by atoms with Crippen molar-refractivity contribution in [3.05, 3.63) is 24.0 Å². The van der Waals surface area contributed by atoms with E-state index in [9.17, 15) is 4.79 Å². The number of aromatic nitrogens is 1. The zero-order chi connectivity index (χ0) is 14.7. The molecule has 1 aromatic heterocycles. The molecule has 0 unspecified atom stereocenters. The van der Waals surface area contributed by atoms with Gasteiger partial charge in [0.25, 0.3) is 0 Å². The number of carbonyl (C=O) groups is 1. The van der Waals surface area contributed by atoms with Crippen LogP contribution in [0, 0.1) is 0 Å². The van der Waals surface area contributed by atoms with Crippen molar-refractivity contribution in [1.82, 2.24) is 4.98 Å². The van der Waals surface area contributed by atoms with E-state index in [1.807, 2.05) is 12.1 Å². The number of nitrogens with two attached hydrogens (primary N) is 1. The fraction of sp³-hybridized carbons (Fsp3) is 0.286. The Morgan fingerprint density at radius 1 is 1.20 bits per heavy atom. The molecule has 0 radical (unpaired) electrons. The normalized spacial score (nSPS) is 10.3. The summed E-state index contributed by atoms with van der Waals surface area (Å²) in [7, 11) is 4.60. The summed E-state index contributed by atoms with van der Waals surface area (Å²) in [5.74, 6) is 1.03. The van der Waals surface area contributed by atoms with Gasteiger partial charge in [-0.05, 0) is 17.5 Å². The summed E-state index contributed by atoms with van der Waals surface area (Å²) in [5, 5.41) is 1.54. The SMILES string of the molecule is COc1cc2ccnc(CC(N)=O)c2c(OC)c1OC. The molecule has 6 nitrogen and oxygen atoms in total. The number of primary amides is 1. The van der Waals surface area contributed by atoms with Crippen LogP contribution in [0.3, 0.4) is 0 Å². The molecule has 1 heterocycles. The molecule has 6 heteroatoms. The number of methoxy groups -OCH3 is 3. The number of hydrogen-bond donors (Lipinski definition) is 1. The molecule has 0 spiro atoms. The average molecular weight is 276 g/mol. The first-order valence-corrected chi connectivity index (χ1v) is 5.97. The second kappa shape index (κ2) is 5.64. The Hall–Kier alpha value is -2.50. The number of pyridine rings is 1. The summed E-state index contributed by atoms with van der Waals surface area (Å²) in [6, 6.07) is 3.62. The highest BCUT2D eigenvalue weighted by Crippen LogP contribution is 2.44. The highest BCUT2D eigenvalue weighted by atomic mass is 16.5. The lowest BCUT2D eigenvalue weighted by atomic mass is 10.1. The summed E-state index contributed by atoms with van der Waals surface area (Å²) in [5.41, 5.74) is 5.81. The van der Waals surface area contributed by atoms with Crippen LogP contribution in [0.2, 0.25) is 0 Å². The lowest BCUT2D eigenvalue weighted by molar-refractivity contribution is -0.117. The van der Waals surface area contributed by atoms with Gasteiger partial charge in [0, 0.05) is 6.20 Å². The smallest absolute Gasteiger partial charge is 0.223 e. The summed E-state index contributed by atoms with van der Waals surface area (Å²) < 4.78 is 16.0. The maximum atomic E-state index is 11.2. The fourth-order valence-corrected chi connectivity index (χ4v) is 2.18. The van der Waals surface area contributed by atoms with E-state index in [2.05, 4.69) is 4.98 Å². The molecule has 20 heavy (non-hydrogen) atoms. The van der Waals surface area contributed by atoms with E-state index in [4.69, 9.17) is 19.9 Å². The third-order valence-electron chi connectivity index (χ3n) is 2.98. The summed E-state index contributed by atoms with van der Waals surface area (Å²) >= 11 is 0. The zero-order valence-electron chi connectivity index (χ0n) is 11.6. The van der Waals surface area contributed by atoms with E-state index in [0.29, 0.717) is 28.3 Å². The van der Waals surface area contributed by atoms with E-state index < -0.39 is 5.91 Å². The van der Waals surface area contributed by atoms with Gasteiger partial charge >= 0.3 is 0 Å². The second-order valence-corrected chi connectivity index (χ2v) is 4.14. The summed E-state index contributed by atoms with van der Waals surface area (Å²) in [6.45, 7) is 0. The lowest BCUT2D eigenvalue weighted by Gasteiger charge is -2.16. The molecule has 0 bridgehead atoms. The molecule has 0 saturated carbocycles. The average Bonchev–Trinajstić information content (AvgIpc) is 2.44. The Morgan fingerprint density at radius 3 is 2.45 bits per heavy atom. The predicted molar refractivity (Wildman–Crippen MR) is 74.3 cm³/mol. The van der Waals surface area contributed by atoms with Crippen molar-refractivity contribution in [3.8, 4) is 17.2 Å². The molecule has 1 amide bonds. The van der Waals surface area contributed by atoms with E-state index in [0.717, 1.165) is 5.39 Å². The minimum atomic E-state index is -0.457.